The maximum absolute atomic E-state index is 13.1. The first-order valence-corrected chi connectivity index (χ1v) is 18.0. The van der Waals surface area contributed by atoms with Gasteiger partial charge in [0, 0.05) is 25.7 Å². The van der Waals surface area contributed by atoms with E-state index in [2.05, 4.69) is 6.92 Å². The molecule has 1 saturated heterocycles. The van der Waals surface area contributed by atoms with Gasteiger partial charge < -0.3 is 38.6 Å². The molecule has 2 N–H and O–H groups in total. The van der Waals surface area contributed by atoms with Crippen molar-refractivity contribution in [3.05, 3.63) is 0 Å². The van der Waals surface area contributed by atoms with Gasteiger partial charge in [-0.15, -0.1) is 0 Å². The lowest BCUT2D eigenvalue weighted by Crippen LogP contribution is -2.63. The first kappa shape index (κ1) is 42.7. The summed E-state index contributed by atoms with van der Waals surface area (Å²) in [6.07, 6.45) is 4.19. The highest BCUT2D eigenvalue weighted by atomic mass is 16.7. The number of unbranched alkanes of at least 4 members (excludes halogenated alkanes) is 10. The fourth-order valence-electron chi connectivity index (χ4n) is 5.12. The monoisotopic (exact) mass is 674 g/mol. The van der Waals surface area contributed by atoms with Crippen LogP contribution in [0.2, 0.25) is 0 Å². The Labute approximate surface area is 281 Å². The number of hydrogen-bond donors (Lipinski definition) is 2. The molecule has 47 heavy (non-hydrogen) atoms. The summed E-state index contributed by atoms with van der Waals surface area (Å²) in [5.41, 5.74) is 0. The van der Waals surface area contributed by atoms with Crippen LogP contribution in [0.15, 0.2) is 0 Å². The van der Waals surface area contributed by atoms with Gasteiger partial charge >= 0.3 is 23.9 Å². The predicted octanol–water partition coefficient (Wildman–Crippen LogP) is 5.46. The van der Waals surface area contributed by atoms with Crippen molar-refractivity contribution in [1.82, 2.24) is 0 Å². The lowest BCUT2D eigenvalue weighted by molar-refractivity contribution is -0.312. The highest BCUT2D eigenvalue weighted by Crippen LogP contribution is 2.31. The second kappa shape index (κ2) is 26.6. The summed E-state index contributed by atoms with van der Waals surface area (Å²) in [7, 11) is 0. The Bertz CT molecular complexity index is 865. The summed E-state index contributed by atoms with van der Waals surface area (Å²) in [6, 6.07) is 0. The molecule has 12 nitrogen and oxygen atoms in total. The summed E-state index contributed by atoms with van der Waals surface area (Å²) in [5.74, 6) is -2.18. The lowest BCUT2D eigenvalue weighted by atomic mass is 9.97. The van der Waals surface area contributed by atoms with Crippen LogP contribution in [-0.4, -0.2) is 90.7 Å². The summed E-state index contributed by atoms with van der Waals surface area (Å²) < 4.78 is 35.1. The van der Waals surface area contributed by atoms with Crippen LogP contribution in [0.3, 0.4) is 0 Å². The summed E-state index contributed by atoms with van der Waals surface area (Å²) in [4.78, 5) is 51.8. The number of hydrogen-bond acceptors (Lipinski definition) is 12. The first-order chi connectivity index (χ1) is 22.7. The standard InChI is InChI=1S/C35H62O12/c1-5-9-13-14-18-22-31(41)47-34-33(46-30(40)21-17-12-8-4)32(45-29(39)20-16-11-7-3)27(25-42-28(38)19-15-10-6-2)44-35(34)43-24-26(37)23-36/h26-27,32-37H,5-25H2,1-4H3/t26-,27+,32+,33-,34-,35+/m0/s1. The van der Waals surface area contributed by atoms with E-state index in [9.17, 15) is 29.4 Å². The van der Waals surface area contributed by atoms with Crippen LogP contribution in [0, 0.1) is 0 Å². The molecule has 1 fully saturated rings. The molecule has 6 atom stereocenters. The van der Waals surface area contributed by atoms with Gasteiger partial charge in [0.05, 0.1) is 13.2 Å². The maximum atomic E-state index is 13.1. The molecule has 1 aliphatic heterocycles. The van der Waals surface area contributed by atoms with Gasteiger partial charge in [-0.2, -0.15) is 0 Å². The van der Waals surface area contributed by atoms with Crippen LogP contribution in [0.4, 0.5) is 0 Å². The van der Waals surface area contributed by atoms with Crippen LogP contribution >= 0.6 is 0 Å². The first-order valence-electron chi connectivity index (χ1n) is 18.0. The molecule has 1 rings (SSSR count). The van der Waals surface area contributed by atoms with E-state index < -0.39 is 73.9 Å². The van der Waals surface area contributed by atoms with E-state index in [1.54, 1.807) is 0 Å². The number of carbonyl (C=O) groups excluding carboxylic acids is 4. The van der Waals surface area contributed by atoms with Gasteiger partial charge in [-0.25, -0.2) is 0 Å². The fourth-order valence-corrected chi connectivity index (χ4v) is 5.12. The Balaban J connectivity index is 3.41. The van der Waals surface area contributed by atoms with Crippen molar-refractivity contribution in [3.63, 3.8) is 0 Å². The summed E-state index contributed by atoms with van der Waals surface area (Å²) >= 11 is 0. The van der Waals surface area contributed by atoms with E-state index in [0.717, 1.165) is 64.2 Å². The van der Waals surface area contributed by atoms with Crippen LogP contribution in [-0.2, 0) is 47.6 Å². The minimum Gasteiger partial charge on any atom is -0.463 e. The van der Waals surface area contributed by atoms with Crippen molar-refractivity contribution in [3.8, 4) is 0 Å². The van der Waals surface area contributed by atoms with E-state index >= 15 is 0 Å². The summed E-state index contributed by atoms with van der Waals surface area (Å²) in [6.45, 7) is 6.80. The molecular formula is C35H62O12. The fraction of sp³-hybridized carbons (Fsp3) is 0.886. The van der Waals surface area contributed by atoms with Crippen LogP contribution in [0.5, 0.6) is 0 Å². The Kier molecular flexibility index (Phi) is 24.2. The van der Waals surface area contributed by atoms with Gasteiger partial charge in [-0.3, -0.25) is 19.2 Å². The lowest BCUT2D eigenvalue weighted by Gasteiger charge is -2.44. The van der Waals surface area contributed by atoms with E-state index in [-0.39, 0.29) is 32.3 Å². The second-order valence-corrected chi connectivity index (χ2v) is 12.3. The minimum absolute atomic E-state index is 0.0896. The number of aliphatic hydroxyl groups is 2. The SMILES string of the molecule is CCCCCCCC(=O)O[C@@H]1[C@H](OC[C@@H](O)CO)O[C@H](COC(=O)CCCCC)[C@@H](OC(=O)CCCCC)[C@@H]1OC(=O)CCCCC. The Morgan fingerprint density at radius 3 is 1.53 bits per heavy atom. The van der Waals surface area contributed by atoms with Gasteiger partial charge in [0.15, 0.2) is 24.6 Å². The molecular weight excluding hydrogens is 612 g/mol. The molecule has 0 aromatic rings. The van der Waals surface area contributed by atoms with E-state index in [4.69, 9.17) is 28.4 Å². The average molecular weight is 675 g/mol. The molecule has 12 heteroatoms. The van der Waals surface area contributed by atoms with Crippen molar-refractivity contribution in [1.29, 1.82) is 0 Å². The normalized spacial score (nSPS) is 21.5. The molecule has 0 amide bonds. The van der Waals surface area contributed by atoms with Crippen LogP contribution in [0.1, 0.15) is 143 Å². The molecule has 274 valence electrons. The highest BCUT2D eigenvalue weighted by molar-refractivity contribution is 5.72. The minimum atomic E-state index is -1.40. The molecule has 1 heterocycles. The quantitative estimate of drug-likeness (QED) is 0.0643. The number of ether oxygens (including phenoxy) is 6. The summed E-state index contributed by atoms with van der Waals surface area (Å²) in [5, 5.41) is 19.4. The van der Waals surface area contributed by atoms with Crippen LogP contribution in [0.25, 0.3) is 0 Å². The smallest absolute Gasteiger partial charge is 0.306 e. The Hall–Kier alpha value is -2.28. The molecule has 0 spiro atoms. The predicted molar refractivity (Wildman–Crippen MR) is 174 cm³/mol. The zero-order valence-electron chi connectivity index (χ0n) is 29.3. The van der Waals surface area contributed by atoms with Crippen molar-refractivity contribution in [2.45, 2.75) is 180 Å². The van der Waals surface area contributed by atoms with Gasteiger partial charge in [0.25, 0.3) is 0 Å². The Morgan fingerprint density at radius 1 is 0.596 bits per heavy atom. The van der Waals surface area contributed by atoms with Crippen molar-refractivity contribution in [2.75, 3.05) is 19.8 Å². The zero-order chi connectivity index (χ0) is 34.9. The molecule has 0 radical (unpaired) electrons. The van der Waals surface area contributed by atoms with Crippen molar-refractivity contribution >= 4 is 23.9 Å². The van der Waals surface area contributed by atoms with Crippen molar-refractivity contribution < 1.29 is 57.8 Å². The number of rotatable bonds is 27. The third-order valence-corrected chi connectivity index (χ3v) is 7.90. The Morgan fingerprint density at radius 2 is 1.02 bits per heavy atom. The number of esters is 4. The molecule has 0 aromatic heterocycles. The average Bonchev–Trinajstić information content (AvgIpc) is 3.05. The third kappa shape index (κ3) is 18.7. The van der Waals surface area contributed by atoms with E-state index in [1.807, 2.05) is 20.8 Å². The topological polar surface area (TPSA) is 164 Å². The molecule has 0 bridgehead atoms. The zero-order valence-corrected chi connectivity index (χ0v) is 29.3. The van der Waals surface area contributed by atoms with Gasteiger partial charge in [0.1, 0.15) is 18.8 Å². The van der Waals surface area contributed by atoms with Gasteiger partial charge in [-0.05, 0) is 25.7 Å². The molecule has 0 saturated carbocycles. The van der Waals surface area contributed by atoms with E-state index in [1.165, 1.54) is 0 Å². The number of carbonyl (C=O) groups is 4. The molecule has 1 aliphatic rings. The second-order valence-electron chi connectivity index (χ2n) is 12.3. The molecule has 0 unspecified atom stereocenters. The van der Waals surface area contributed by atoms with Gasteiger partial charge in [0.2, 0.25) is 0 Å². The van der Waals surface area contributed by atoms with E-state index in [0.29, 0.717) is 25.7 Å². The third-order valence-electron chi connectivity index (χ3n) is 7.90. The maximum Gasteiger partial charge on any atom is 0.306 e. The molecule has 0 aliphatic carbocycles. The van der Waals surface area contributed by atoms with Crippen molar-refractivity contribution in [2.24, 2.45) is 0 Å². The highest BCUT2D eigenvalue weighted by Gasteiger charge is 2.53. The number of aliphatic hydroxyl groups excluding tert-OH is 2. The largest absolute Gasteiger partial charge is 0.463 e. The van der Waals surface area contributed by atoms with Gasteiger partial charge in [-0.1, -0.05) is 91.9 Å². The molecule has 0 aromatic carbocycles. The van der Waals surface area contributed by atoms with Crippen LogP contribution < -0.4 is 0 Å².